The number of aliphatic hydroxyl groups is 1. The van der Waals surface area contributed by atoms with E-state index in [2.05, 4.69) is 20.4 Å². The van der Waals surface area contributed by atoms with Gasteiger partial charge < -0.3 is 25.6 Å². The van der Waals surface area contributed by atoms with Crippen molar-refractivity contribution in [1.82, 2.24) is 30.0 Å². The number of hydrogen-bond donors (Lipinski definition) is 3. The number of hydrogen-bond acceptors (Lipinski definition) is 8. The Morgan fingerprint density at radius 1 is 1.26 bits per heavy atom. The number of benzene rings is 1. The van der Waals surface area contributed by atoms with Crippen molar-refractivity contribution >= 4 is 18.2 Å². The summed E-state index contributed by atoms with van der Waals surface area (Å²) >= 11 is 0. The minimum atomic E-state index is -0.669. The van der Waals surface area contributed by atoms with E-state index >= 15 is 0 Å². The van der Waals surface area contributed by atoms with Gasteiger partial charge in [-0.2, -0.15) is 10.4 Å². The fourth-order valence-electron chi connectivity index (χ4n) is 4.66. The Balaban J connectivity index is 1.46. The predicted molar refractivity (Wildman–Crippen MR) is 139 cm³/mol. The molecular weight excluding hydrogens is 508 g/mol. The third kappa shape index (κ3) is 6.01. The fraction of sp³-hybridized carbons (Fsp3) is 0.385. The van der Waals surface area contributed by atoms with Gasteiger partial charge in [-0.05, 0) is 43.8 Å². The molecule has 0 spiro atoms. The normalized spacial score (nSPS) is 14.2. The molecule has 1 aromatic carbocycles. The van der Waals surface area contributed by atoms with E-state index in [1.165, 1.54) is 12.1 Å². The van der Waals surface area contributed by atoms with Gasteiger partial charge in [0.25, 0.3) is 0 Å². The number of amides is 2. The third-order valence-corrected chi connectivity index (χ3v) is 6.61. The van der Waals surface area contributed by atoms with Gasteiger partial charge in [0, 0.05) is 43.9 Å². The molecule has 2 aromatic heterocycles. The molecule has 1 atom stereocenters. The molecule has 13 heteroatoms. The summed E-state index contributed by atoms with van der Waals surface area (Å²) in [6.07, 6.45) is 2.38. The zero-order chi connectivity index (χ0) is 28.1. The van der Waals surface area contributed by atoms with E-state index in [9.17, 15) is 18.7 Å². The maximum atomic E-state index is 14.8. The van der Waals surface area contributed by atoms with Crippen LogP contribution in [0.25, 0.3) is 11.3 Å². The second-order valence-corrected chi connectivity index (χ2v) is 9.16. The van der Waals surface area contributed by atoms with Crippen molar-refractivity contribution < 1.29 is 18.7 Å². The standard InChI is InChI=1S/C26H29F2N9O2/c1-16-23(17(2)37(34-16)9-10-38)24-21(28)15-31-25(33-24)35-5-7-36(8-6-35)26(39)32-22(3-4-29)19-11-18(14-30)12-20(27)13-19/h4,11-13,15,22,29,38H,3,5-10H2,1-2H3,(H,32,39)/t22-/m0/s1. The molecule has 0 radical (unpaired) electrons. The van der Waals surface area contributed by atoms with Gasteiger partial charge in [0.15, 0.2) is 5.82 Å². The second-order valence-electron chi connectivity index (χ2n) is 9.16. The first kappa shape index (κ1) is 27.6. The van der Waals surface area contributed by atoms with E-state index in [4.69, 9.17) is 10.7 Å². The molecular formula is C26H29F2N9O2. The molecule has 0 unspecified atom stereocenters. The summed E-state index contributed by atoms with van der Waals surface area (Å²) in [5, 5.41) is 33.1. The number of anilines is 1. The van der Waals surface area contributed by atoms with Crippen molar-refractivity contribution in [1.29, 1.82) is 10.7 Å². The summed E-state index contributed by atoms with van der Waals surface area (Å²) in [5.74, 6) is -0.849. The topological polar surface area (TPSA) is 147 Å². The van der Waals surface area contributed by atoms with E-state index in [1.54, 1.807) is 23.4 Å². The maximum absolute atomic E-state index is 14.8. The van der Waals surface area contributed by atoms with Crippen molar-refractivity contribution in [3.8, 4) is 17.3 Å². The number of carbonyl (C=O) groups is 1. The lowest BCUT2D eigenvalue weighted by molar-refractivity contribution is 0.190. The van der Waals surface area contributed by atoms with E-state index in [0.717, 1.165) is 18.5 Å². The van der Waals surface area contributed by atoms with E-state index in [0.29, 0.717) is 54.6 Å². The van der Waals surface area contributed by atoms with E-state index < -0.39 is 17.7 Å². The number of aryl methyl sites for hydroxylation is 1. The number of carbonyl (C=O) groups excluding carboxylic acids is 1. The fourth-order valence-corrected chi connectivity index (χ4v) is 4.66. The monoisotopic (exact) mass is 537 g/mol. The van der Waals surface area contributed by atoms with Crippen LogP contribution in [0, 0.1) is 42.2 Å². The van der Waals surface area contributed by atoms with Gasteiger partial charge in [-0.1, -0.05) is 0 Å². The first-order valence-electron chi connectivity index (χ1n) is 12.4. The van der Waals surface area contributed by atoms with Gasteiger partial charge >= 0.3 is 6.03 Å². The minimum Gasteiger partial charge on any atom is -0.394 e. The highest BCUT2D eigenvalue weighted by atomic mass is 19.1. The van der Waals surface area contributed by atoms with Crippen LogP contribution in [0.4, 0.5) is 19.5 Å². The highest BCUT2D eigenvalue weighted by molar-refractivity contribution is 5.76. The maximum Gasteiger partial charge on any atom is 0.318 e. The molecule has 11 nitrogen and oxygen atoms in total. The second kappa shape index (κ2) is 12.0. The Morgan fingerprint density at radius 2 is 2.00 bits per heavy atom. The number of aromatic nitrogens is 4. The lowest BCUT2D eigenvalue weighted by atomic mass is 10.0. The van der Waals surface area contributed by atoms with Crippen molar-refractivity contribution in [2.45, 2.75) is 32.9 Å². The summed E-state index contributed by atoms with van der Waals surface area (Å²) in [7, 11) is 0. The number of nitriles is 1. The molecule has 1 fully saturated rings. The average Bonchev–Trinajstić information content (AvgIpc) is 3.20. The number of nitrogens with one attached hydrogen (secondary N) is 2. The highest BCUT2D eigenvalue weighted by Gasteiger charge is 2.26. The van der Waals surface area contributed by atoms with Crippen LogP contribution in [-0.4, -0.2) is 74.8 Å². The third-order valence-electron chi connectivity index (χ3n) is 6.61. The van der Waals surface area contributed by atoms with Crippen LogP contribution in [0.1, 0.15) is 35.0 Å². The van der Waals surface area contributed by atoms with Crippen molar-refractivity contribution in [2.75, 3.05) is 37.7 Å². The van der Waals surface area contributed by atoms with Gasteiger partial charge in [-0.25, -0.2) is 23.5 Å². The van der Waals surface area contributed by atoms with Crippen LogP contribution in [0.15, 0.2) is 24.4 Å². The molecule has 4 rings (SSSR count). The molecule has 0 saturated carbocycles. The number of halogens is 2. The van der Waals surface area contributed by atoms with Crippen LogP contribution < -0.4 is 10.2 Å². The van der Waals surface area contributed by atoms with Crippen LogP contribution in [0.3, 0.4) is 0 Å². The molecule has 0 aliphatic carbocycles. The van der Waals surface area contributed by atoms with Gasteiger partial charge in [0.1, 0.15) is 11.5 Å². The molecule has 3 N–H and O–H groups in total. The molecule has 1 saturated heterocycles. The number of aliphatic hydroxyl groups excluding tert-OH is 1. The summed E-state index contributed by atoms with van der Waals surface area (Å²) in [4.78, 5) is 25.1. The predicted octanol–water partition coefficient (Wildman–Crippen LogP) is 2.71. The molecule has 1 aliphatic rings. The van der Waals surface area contributed by atoms with Crippen molar-refractivity contribution in [3.05, 3.63) is 58.5 Å². The van der Waals surface area contributed by atoms with Gasteiger partial charge in [-0.15, -0.1) is 0 Å². The molecule has 39 heavy (non-hydrogen) atoms. The summed E-state index contributed by atoms with van der Waals surface area (Å²) in [5.41, 5.74) is 2.49. The van der Waals surface area contributed by atoms with Crippen molar-refractivity contribution in [3.63, 3.8) is 0 Å². The Morgan fingerprint density at radius 3 is 2.67 bits per heavy atom. The van der Waals surface area contributed by atoms with Crippen LogP contribution >= 0.6 is 0 Å². The largest absolute Gasteiger partial charge is 0.394 e. The Kier molecular flexibility index (Phi) is 8.46. The highest BCUT2D eigenvalue weighted by Crippen LogP contribution is 2.29. The molecule has 3 aromatic rings. The van der Waals surface area contributed by atoms with Crippen molar-refractivity contribution in [2.24, 2.45) is 0 Å². The van der Waals surface area contributed by atoms with Gasteiger partial charge in [0.2, 0.25) is 5.95 Å². The van der Waals surface area contributed by atoms with Crippen LogP contribution in [0.2, 0.25) is 0 Å². The molecule has 204 valence electrons. The van der Waals surface area contributed by atoms with Gasteiger partial charge in [0.05, 0.1) is 42.7 Å². The molecule has 3 heterocycles. The van der Waals surface area contributed by atoms with E-state index in [-0.39, 0.29) is 36.9 Å². The first-order chi connectivity index (χ1) is 18.7. The molecule has 2 amide bonds. The number of piperazine rings is 1. The summed E-state index contributed by atoms with van der Waals surface area (Å²) in [6.45, 7) is 5.20. The summed E-state index contributed by atoms with van der Waals surface area (Å²) in [6, 6.07) is 4.70. The Labute approximate surface area is 224 Å². The first-order valence-corrected chi connectivity index (χ1v) is 12.4. The lowest BCUT2D eigenvalue weighted by Gasteiger charge is -2.35. The minimum absolute atomic E-state index is 0.0952. The Bertz CT molecular complexity index is 1410. The Hall–Kier alpha value is -4.44. The van der Waals surface area contributed by atoms with Gasteiger partial charge in [-0.3, -0.25) is 4.68 Å². The SMILES string of the molecule is Cc1nn(CCO)c(C)c1-c1nc(N2CCN(C(=O)N[C@@H](CC=N)c3cc(F)cc(C#N)c3)CC2)ncc1F. The molecule has 1 aliphatic heterocycles. The lowest BCUT2D eigenvalue weighted by Crippen LogP contribution is -2.52. The zero-order valence-corrected chi connectivity index (χ0v) is 21.7. The van der Waals surface area contributed by atoms with Crippen LogP contribution in [-0.2, 0) is 6.54 Å². The van der Waals surface area contributed by atoms with E-state index in [1.807, 2.05) is 11.0 Å². The van der Waals surface area contributed by atoms with Crippen LogP contribution in [0.5, 0.6) is 0 Å². The summed E-state index contributed by atoms with van der Waals surface area (Å²) < 4.78 is 30.4. The average molecular weight is 538 g/mol. The number of rotatable bonds is 8. The number of nitrogens with zero attached hydrogens (tertiary/aromatic N) is 7. The zero-order valence-electron chi connectivity index (χ0n) is 21.7. The molecule has 0 bridgehead atoms. The smallest absolute Gasteiger partial charge is 0.318 e. The number of urea groups is 1. The quantitative estimate of drug-likeness (QED) is 0.374.